The van der Waals surface area contributed by atoms with Crippen LogP contribution < -0.4 is 26.0 Å². The molecule has 118 heavy (non-hydrogen) atoms. The van der Waals surface area contributed by atoms with E-state index in [-0.39, 0.29) is 65.3 Å². The fraction of sp³-hybridized carbons (Fsp3) is 0.585. The number of alkyl halides is 12. The summed E-state index contributed by atoms with van der Waals surface area (Å²) in [5, 5.41) is 29.7. The molecule has 0 aliphatic heterocycles. The first kappa shape index (κ1) is 89.1. The lowest BCUT2D eigenvalue weighted by molar-refractivity contribution is -0.248. The molecule has 0 spiro atoms. The van der Waals surface area contributed by atoms with Gasteiger partial charge in [0.05, 0.1) is 53.0 Å². The first-order chi connectivity index (χ1) is 53.9. The van der Waals surface area contributed by atoms with Crippen LogP contribution in [-0.2, 0) is 46.9 Å². The minimum Gasteiger partial charge on any atom is -0.496 e. The average Bonchev–Trinajstić information content (AvgIpc) is 1.38. The van der Waals surface area contributed by atoms with E-state index in [1.54, 1.807) is 39.7 Å². The summed E-state index contributed by atoms with van der Waals surface area (Å²) in [6.07, 6.45) is 3.03. The van der Waals surface area contributed by atoms with Gasteiger partial charge in [-0.15, -0.1) is 0 Å². The van der Waals surface area contributed by atoms with E-state index in [1.807, 2.05) is 47.6 Å². The molecule has 8 unspecified atom stereocenters. The van der Waals surface area contributed by atoms with Crippen LogP contribution in [0.1, 0.15) is 211 Å². The quantitative estimate of drug-likeness (QED) is 0.0424. The highest BCUT2D eigenvalue weighted by molar-refractivity contribution is 5.96. The number of methoxy groups -OCH3 is 1. The van der Waals surface area contributed by atoms with E-state index < -0.39 is 190 Å². The Morgan fingerprint density at radius 2 is 0.932 bits per heavy atom. The van der Waals surface area contributed by atoms with Crippen LogP contribution in [0.5, 0.6) is 5.75 Å². The first-order valence-corrected chi connectivity index (χ1v) is 38.3. The molecule has 4 aromatic carbocycles. The van der Waals surface area contributed by atoms with Crippen molar-refractivity contribution in [1.29, 1.82) is 5.26 Å². The number of ether oxygens (including phenoxy) is 1. The Bertz CT molecular complexity index is 5390. The molecule has 7 saturated carbocycles. The number of amides is 4. The highest BCUT2D eigenvalue weighted by Gasteiger charge is 2.70. The number of nitriles is 1. The Morgan fingerprint density at radius 3 is 1.30 bits per heavy atom. The maximum atomic E-state index is 14.8. The first-order valence-electron chi connectivity index (χ1n) is 38.3. The molecule has 5 N–H and O–H groups in total. The predicted molar refractivity (Wildman–Crippen MR) is 409 cm³/mol. The molecule has 8 atom stereocenters. The molecule has 20 nitrogen and oxygen atoms in total. The summed E-state index contributed by atoms with van der Waals surface area (Å²) in [6.45, 7) is 25.0. The second-order valence-corrected chi connectivity index (χ2v) is 35.3. The fourth-order valence-electron chi connectivity index (χ4n) is 16.7. The van der Waals surface area contributed by atoms with E-state index in [1.165, 1.54) is 35.9 Å². The van der Waals surface area contributed by atoms with Crippen molar-refractivity contribution in [1.82, 2.24) is 38.2 Å². The molecule has 8 aromatic rings. The van der Waals surface area contributed by atoms with Gasteiger partial charge in [0.25, 0.3) is 23.7 Å². The van der Waals surface area contributed by atoms with Crippen molar-refractivity contribution in [3.05, 3.63) is 94.3 Å². The van der Waals surface area contributed by atoms with Crippen LogP contribution in [0.2, 0.25) is 0 Å². The molecule has 0 saturated heterocycles. The number of rotatable bonds is 17. The minimum atomic E-state index is -3.54. The lowest BCUT2D eigenvalue weighted by Gasteiger charge is -2.47. The second kappa shape index (κ2) is 30.2. The Balaban J connectivity index is 0.000000154. The summed E-state index contributed by atoms with van der Waals surface area (Å²) >= 11 is 0. The molecule has 4 heterocycles. The molecule has 0 bridgehead atoms. The number of imidazole rings is 4. The number of aliphatic hydroxyl groups is 1. The molecule has 0 radical (unpaired) electrons. The topological polar surface area (TPSA) is 245 Å². The van der Waals surface area contributed by atoms with Gasteiger partial charge in [0, 0.05) is 90.8 Å². The highest BCUT2D eigenvalue weighted by Crippen LogP contribution is 2.60. The minimum absolute atomic E-state index is 0. The number of carbonyl (C=O) groups excluding carboxylic acids is 4. The maximum Gasteiger partial charge on any atom is 0.284 e. The molecule has 7 aliphatic carbocycles. The van der Waals surface area contributed by atoms with Gasteiger partial charge >= 0.3 is 0 Å². The van der Waals surface area contributed by atoms with Crippen molar-refractivity contribution in [2.24, 2.45) is 23.7 Å². The normalized spacial score (nSPS) is 26.1. The predicted octanol–water partition coefficient (Wildman–Crippen LogP) is 20.3. The van der Waals surface area contributed by atoms with Gasteiger partial charge in [-0.05, 0) is 201 Å². The number of benzene rings is 4. The van der Waals surface area contributed by atoms with Crippen molar-refractivity contribution in [2.45, 2.75) is 274 Å². The molecule has 7 fully saturated rings. The largest absolute Gasteiger partial charge is 0.496 e. The van der Waals surface area contributed by atoms with Gasteiger partial charge in [-0.1, -0.05) is 7.43 Å². The third-order valence-corrected chi connectivity index (χ3v) is 25.1. The van der Waals surface area contributed by atoms with Crippen molar-refractivity contribution in [3.8, 4) is 11.8 Å². The van der Waals surface area contributed by atoms with Crippen LogP contribution in [0.3, 0.4) is 0 Å². The lowest BCUT2D eigenvalue weighted by atomic mass is 9.67. The van der Waals surface area contributed by atoms with Crippen LogP contribution in [-0.4, -0.2) is 120 Å². The summed E-state index contributed by atoms with van der Waals surface area (Å²) in [5.41, 5.74) is -11.2. The third-order valence-electron chi connectivity index (χ3n) is 25.1. The van der Waals surface area contributed by atoms with Crippen molar-refractivity contribution in [3.63, 3.8) is 0 Å². The van der Waals surface area contributed by atoms with Crippen LogP contribution in [0.4, 0.5) is 99.7 Å². The molecular formula is C82H94F16N14O6. The number of hydrogen-bond donors (Lipinski definition) is 5. The van der Waals surface area contributed by atoms with Gasteiger partial charge in [0.2, 0.25) is 47.4 Å². The van der Waals surface area contributed by atoms with Gasteiger partial charge in [-0.25, -0.2) is 95.0 Å². The Labute approximate surface area is 669 Å². The van der Waals surface area contributed by atoms with Crippen LogP contribution >= 0.6 is 0 Å². The molecule has 640 valence electrons. The maximum absolute atomic E-state index is 14.8. The summed E-state index contributed by atoms with van der Waals surface area (Å²) in [7, 11) is 1.45. The van der Waals surface area contributed by atoms with Gasteiger partial charge in [-0.2, -0.15) is 5.26 Å². The second-order valence-electron chi connectivity index (χ2n) is 35.3. The lowest BCUT2D eigenvalue weighted by Crippen LogP contribution is -2.60. The molecular weight excluding hydrogens is 1580 g/mol. The Morgan fingerprint density at radius 1 is 0.534 bits per heavy atom. The number of hydrogen-bond acceptors (Lipinski definition) is 11. The zero-order valence-electron chi connectivity index (χ0n) is 66.5. The molecule has 15 rings (SSSR count). The summed E-state index contributed by atoms with van der Waals surface area (Å²) in [5.74, 6) is -23.9. The number of fused-ring (bicyclic) bond motifs is 4. The number of nitrogens with one attached hydrogen (secondary N) is 4. The number of anilines is 4. The van der Waals surface area contributed by atoms with Crippen LogP contribution in [0.25, 0.3) is 49.0 Å². The van der Waals surface area contributed by atoms with E-state index in [0.717, 1.165) is 84.8 Å². The molecule has 4 amide bonds. The van der Waals surface area contributed by atoms with Crippen LogP contribution in [0, 0.1) is 64.8 Å². The number of aromatic nitrogens is 8. The Kier molecular flexibility index (Phi) is 22.8. The smallest absolute Gasteiger partial charge is 0.284 e. The molecule has 36 heteroatoms. The van der Waals surface area contributed by atoms with E-state index in [2.05, 4.69) is 46.0 Å². The van der Waals surface area contributed by atoms with E-state index in [4.69, 9.17) is 16.6 Å². The Hall–Kier alpha value is -9.74. The SMILES string of the molecule is C.CC(C)(O)c1cc(F)c2nc(NC(=O)CC3CC(F)(F)C3(C)F)n(C3(C)CCC3)c2c1.CC1(n2c(NC(=O)CC3CC(F)(F)C3(C)F)nc3c(F)cc(C#N)cc32)CCC1.CC1(n2c(NC(=O)CC3CC(F)(F)C3(C)F)nc3ccc(F)c(F)c32)CCC1.[C-]#[N+]c1cc(OC)c2nc(NC(=O)CC3CC(C)(F)C3(F)F)n(C(C)(C)C)c2c1. The zero-order chi connectivity index (χ0) is 86.4. The highest BCUT2D eigenvalue weighted by atomic mass is 19.3. The molecule has 4 aromatic heterocycles. The third kappa shape index (κ3) is 15.5. The number of carbonyl (C=O) groups is 4. The van der Waals surface area contributed by atoms with Gasteiger partial charge in [0.1, 0.15) is 27.8 Å². The standard InChI is InChI=1S/C22H27F4N3O2.C20H20F4N4O.C20H23F3N4O2.C19H20F5N3O.CH4/c1-19(2,31)12-8-14(23)17-15(9-12)29(20(3)6-5-7-20)18(28-17)27-16(30)10-13-11-22(25,26)21(13,4)24;1-18(4-3-5-18)28-14-7-11(10-25)6-13(21)16(14)27-17(28)26-15(29)8-12-9-20(23,24)19(12,2)22;1-18(2,3)27-13-8-12(24-5)9-14(29-6)16(13)26-17(27)25-15(28)7-11-10-19(4,21)20(11,22)23;1-17(6-3-7-17)27-15-12(5-4-11(20)14(15)21)25-16(27)26-13(28)8-10-9-19(23,24)18(10,2)22;/h8-9,13,31H,5-7,10-11H2,1-4H3,(H,27,28,30);6-7,12H,3-5,8-9H2,1-2H3,(H,26,27,29);8-9,11H,7,10H2,1-4,6H3,(H,25,26,28);4-5,10H,3,6-9H2,1-2H3,(H,25,26,28);1H4. The van der Waals surface area contributed by atoms with Crippen molar-refractivity contribution >= 4 is 97.2 Å². The van der Waals surface area contributed by atoms with Gasteiger partial charge in [-0.3, -0.25) is 40.4 Å². The van der Waals surface area contributed by atoms with E-state index >= 15 is 0 Å². The van der Waals surface area contributed by atoms with Crippen LogP contribution in [0.15, 0.2) is 48.5 Å². The number of halogens is 16. The van der Waals surface area contributed by atoms with E-state index in [9.17, 15) is 94.5 Å². The average molecular weight is 1680 g/mol. The van der Waals surface area contributed by atoms with Gasteiger partial charge in [0.15, 0.2) is 51.6 Å². The summed E-state index contributed by atoms with van der Waals surface area (Å²) in [6, 6.07) is 12.8. The van der Waals surface area contributed by atoms with E-state index in [0.29, 0.717) is 51.9 Å². The van der Waals surface area contributed by atoms with Crippen molar-refractivity contribution in [2.75, 3.05) is 28.4 Å². The fourth-order valence-corrected chi connectivity index (χ4v) is 16.7. The van der Waals surface area contributed by atoms with Gasteiger partial charge < -0.3 is 28.1 Å². The summed E-state index contributed by atoms with van der Waals surface area (Å²) < 4.78 is 234. The number of nitrogens with zero attached hydrogens (tertiary/aromatic N) is 10. The summed E-state index contributed by atoms with van der Waals surface area (Å²) in [4.78, 5) is 70.4. The monoisotopic (exact) mass is 1670 g/mol. The zero-order valence-corrected chi connectivity index (χ0v) is 66.5. The molecule has 7 aliphatic rings. The van der Waals surface area contributed by atoms with Crippen molar-refractivity contribution < 1.29 is 99.3 Å².